The van der Waals surface area contributed by atoms with Gasteiger partial charge < -0.3 is 14.5 Å². The highest BCUT2D eigenvalue weighted by molar-refractivity contribution is 5.77. The lowest BCUT2D eigenvalue weighted by Gasteiger charge is -2.19. The topological polar surface area (TPSA) is 55.6 Å². The maximum Gasteiger partial charge on any atom is 0.221 e. The van der Waals surface area contributed by atoms with Crippen molar-refractivity contribution in [2.45, 2.75) is 39.2 Å². The van der Waals surface area contributed by atoms with Crippen molar-refractivity contribution >= 4 is 11.6 Å². The van der Waals surface area contributed by atoms with Crippen molar-refractivity contribution in [1.82, 2.24) is 14.7 Å². The average molecular weight is 351 g/mol. The van der Waals surface area contributed by atoms with Gasteiger partial charge in [-0.1, -0.05) is 18.2 Å². The third-order valence-corrected chi connectivity index (χ3v) is 4.45. The zero-order valence-corrected chi connectivity index (χ0v) is 15.7. The molecule has 26 heavy (non-hydrogen) atoms. The van der Waals surface area contributed by atoms with Gasteiger partial charge >= 0.3 is 0 Å². The lowest BCUT2D eigenvalue weighted by atomic mass is 9.92. The Balaban J connectivity index is 2.07. The Bertz CT molecular complexity index is 915. The number of methoxy groups -OCH3 is 1. The number of aromatic nitrogens is 2. The summed E-state index contributed by atoms with van der Waals surface area (Å²) in [5.74, 6) is 0.692. The summed E-state index contributed by atoms with van der Waals surface area (Å²) in [6, 6.07) is 12.0. The maximum atomic E-state index is 12.5. The predicted molar refractivity (Wildman–Crippen MR) is 103 cm³/mol. The van der Waals surface area contributed by atoms with E-state index >= 15 is 0 Å². The van der Waals surface area contributed by atoms with Gasteiger partial charge in [0.2, 0.25) is 5.91 Å². The first kappa shape index (κ1) is 18.0. The lowest BCUT2D eigenvalue weighted by Crippen LogP contribution is -2.31. The van der Waals surface area contributed by atoms with Gasteiger partial charge in [-0.05, 0) is 50.1 Å². The molecule has 1 aromatic carbocycles. The van der Waals surface area contributed by atoms with Crippen LogP contribution in [-0.2, 0) is 4.79 Å². The van der Waals surface area contributed by atoms with Crippen LogP contribution < -0.4 is 10.1 Å². The first-order valence-electron chi connectivity index (χ1n) is 8.85. The van der Waals surface area contributed by atoms with E-state index in [1.165, 1.54) is 0 Å². The molecular weight excluding hydrogens is 326 g/mol. The molecule has 0 spiro atoms. The predicted octanol–water partition coefficient (Wildman–Crippen LogP) is 3.70. The van der Waals surface area contributed by atoms with Gasteiger partial charge in [-0.25, -0.2) is 4.98 Å². The smallest absolute Gasteiger partial charge is 0.221 e. The van der Waals surface area contributed by atoms with Gasteiger partial charge in [-0.15, -0.1) is 0 Å². The van der Waals surface area contributed by atoms with E-state index < -0.39 is 0 Å². The van der Waals surface area contributed by atoms with Gasteiger partial charge in [-0.3, -0.25) is 4.79 Å². The fourth-order valence-electron chi connectivity index (χ4n) is 3.25. The summed E-state index contributed by atoms with van der Waals surface area (Å²) in [4.78, 5) is 17.1. The number of pyridine rings is 1. The van der Waals surface area contributed by atoms with E-state index in [1.807, 2.05) is 69.6 Å². The Hall–Kier alpha value is -2.82. The standard InChI is InChI=1S/C21H25N3O2/c1-14(2)23-20(25)12-18(16-8-5-9-17(11-16)26-4)19-13-22-21-15(3)7-6-10-24(19)21/h5-11,13-14,18H,12H2,1-4H3,(H,23,25)/t18-/m0/s1. The number of benzene rings is 1. The Labute approximate surface area is 154 Å². The quantitative estimate of drug-likeness (QED) is 0.737. The van der Waals surface area contributed by atoms with E-state index in [2.05, 4.69) is 14.7 Å². The van der Waals surface area contributed by atoms with Crippen LogP contribution in [0.15, 0.2) is 48.8 Å². The lowest BCUT2D eigenvalue weighted by molar-refractivity contribution is -0.121. The molecule has 0 bridgehead atoms. The minimum Gasteiger partial charge on any atom is -0.497 e. The highest BCUT2D eigenvalue weighted by Gasteiger charge is 2.23. The summed E-state index contributed by atoms with van der Waals surface area (Å²) in [6.07, 6.45) is 4.22. The molecule has 0 aliphatic rings. The molecule has 2 aromatic heterocycles. The van der Waals surface area contributed by atoms with Gasteiger partial charge in [0.25, 0.3) is 0 Å². The number of rotatable bonds is 6. The van der Waals surface area contributed by atoms with E-state index in [1.54, 1.807) is 7.11 Å². The number of ether oxygens (including phenoxy) is 1. The second kappa shape index (κ2) is 7.60. The summed E-state index contributed by atoms with van der Waals surface area (Å²) in [7, 11) is 1.65. The molecule has 0 aliphatic heterocycles. The van der Waals surface area contributed by atoms with Crippen LogP contribution in [0.5, 0.6) is 5.75 Å². The van der Waals surface area contributed by atoms with Crippen molar-refractivity contribution in [1.29, 1.82) is 0 Å². The van der Waals surface area contributed by atoms with Crippen molar-refractivity contribution in [3.05, 3.63) is 65.6 Å². The molecule has 0 fully saturated rings. The Morgan fingerprint density at radius 2 is 2.08 bits per heavy atom. The van der Waals surface area contributed by atoms with Crippen LogP contribution in [0.4, 0.5) is 0 Å². The molecule has 1 amide bonds. The molecule has 3 rings (SSSR count). The maximum absolute atomic E-state index is 12.5. The van der Waals surface area contributed by atoms with Crippen molar-refractivity contribution < 1.29 is 9.53 Å². The number of amides is 1. The summed E-state index contributed by atoms with van der Waals surface area (Å²) >= 11 is 0. The number of aryl methyl sites for hydroxylation is 1. The third-order valence-electron chi connectivity index (χ3n) is 4.45. The summed E-state index contributed by atoms with van der Waals surface area (Å²) in [6.45, 7) is 5.98. The monoisotopic (exact) mass is 351 g/mol. The van der Waals surface area contributed by atoms with E-state index in [0.29, 0.717) is 6.42 Å². The number of nitrogens with one attached hydrogen (secondary N) is 1. The molecule has 0 saturated carbocycles. The fraction of sp³-hybridized carbons (Fsp3) is 0.333. The zero-order valence-electron chi connectivity index (χ0n) is 15.7. The normalized spacial score (nSPS) is 12.3. The molecular formula is C21H25N3O2. The molecule has 136 valence electrons. The molecule has 0 saturated heterocycles. The Morgan fingerprint density at radius 3 is 2.81 bits per heavy atom. The van der Waals surface area contributed by atoms with Gasteiger partial charge in [-0.2, -0.15) is 0 Å². The fourth-order valence-corrected chi connectivity index (χ4v) is 3.25. The second-order valence-corrected chi connectivity index (χ2v) is 6.82. The minimum absolute atomic E-state index is 0.0235. The minimum atomic E-state index is -0.111. The number of carbonyl (C=O) groups excluding carboxylic acids is 1. The van der Waals surface area contributed by atoms with Crippen molar-refractivity contribution in [3.63, 3.8) is 0 Å². The molecule has 5 heteroatoms. The van der Waals surface area contributed by atoms with E-state index in [9.17, 15) is 4.79 Å². The molecule has 1 atom stereocenters. The van der Waals surface area contributed by atoms with Crippen LogP contribution in [0.25, 0.3) is 5.65 Å². The second-order valence-electron chi connectivity index (χ2n) is 6.82. The summed E-state index contributed by atoms with van der Waals surface area (Å²) in [5, 5.41) is 2.99. The summed E-state index contributed by atoms with van der Waals surface area (Å²) < 4.78 is 7.45. The average Bonchev–Trinajstić information content (AvgIpc) is 3.04. The highest BCUT2D eigenvalue weighted by Crippen LogP contribution is 2.31. The zero-order chi connectivity index (χ0) is 18.7. The van der Waals surface area contributed by atoms with Gasteiger partial charge in [0.15, 0.2) is 0 Å². The SMILES string of the molecule is COc1cccc([C@H](CC(=O)NC(C)C)c2cnc3c(C)cccn23)c1. The third kappa shape index (κ3) is 3.72. The first-order valence-corrected chi connectivity index (χ1v) is 8.85. The van der Waals surface area contributed by atoms with Gasteiger partial charge in [0.1, 0.15) is 11.4 Å². The van der Waals surface area contributed by atoms with Crippen LogP contribution in [0, 0.1) is 6.92 Å². The van der Waals surface area contributed by atoms with Crippen LogP contribution >= 0.6 is 0 Å². The van der Waals surface area contributed by atoms with E-state index in [4.69, 9.17) is 4.74 Å². The number of imidazole rings is 1. The van der Waals surface area contributed by atoms with Crippen LogP contribution in [0.2, 0.25) is 0 Å². The molecule has 2 heterocycles. The number of nitrogens with zero attached hydrogens (tertiary/aromatic N) is 2. The Kier molecular flexibility index (Phi) is 5.26. The van der Waals surface area contributed by atoms with Crippen LogP contribution in [0.3, 0.4) is 0 Å². The molecule has 0 unspecified atom stereocenters. The van der Waals surface area contributed by atoms with Gasteiger partial charge in [0.05, 0.1) is 12.8 Å². The van der Waals surface area contributed by atoms with Crippen molar-refractivity contribution in [3.8, 4) is 5.75 Å². The number of carbonyl (C=O) groups is 1. The first-order chi connectivity index (χ1) is 12.5. The molecule has 1 N–H and O–H groups in total. The van der Waals surface area contributed by atoms with Crippen molar-refractivity contribution in [2.24, 2.45) is 0 Å². The van der Waals surface area contributed by atoms with Gasteiger partial charge in [0, 0.05) is 30.8 Å². The van der Waals surface area contributed by atoms with E-state index in [-0.39, 0.29) is 17.9 Å². The molecule has 0 aliphatic carbocycles. The number of fused-ring (bicyclic) bond motifs is 1. The van der Waals surface area contributed by atoms with Crippen molar-refractivity contribution in [2.75, 3.05) is 7.11 Å². The van der Waals surface area contributed by atoms with Crippen LogP contribution in [-0.4, -0.2) is 28.4 Å². The number of hydrogen-bond acceptors (Lipinski definition) is 3. The molecule has 5 nitrogen and oxygen atoms in total. The van der Waals surface area contributed by atoms with Crippen LogP contribution in [0.1, 0.15) is 43.0 Å². The summed E-state index contributed by atoms with van der Waals surface area (Å²) in [5.41, 5.74) is 4.05. The molecule has 0 radical (unpaired) electrons. The highest BCUT2D eigenvalue weighted by atomic mass is 16.5. The Morgan fingerprint density at radius 1 is 1.27 bits per heavy atom. The molecule has 3 aromatic rings. The van der Waals surface area contributed by atoms with E-state index in [0.717, 1.165) is 28.2 Å². The number of hydrogen-bond donors (Lipinski definition) is 1. The largest absolute Gasteiger partial charge is 0.497 e.